The quantitative estimate of drug-likeness (QED) is 0.198. The van der Waals surface area contributed by atoms with Crippen LogP contribution in [0.4, 0.5) is 0 Å². The van der Waals surface area contributed by atoms with Crippen LogP contribution in [0.2, 0.25) is 0 Å². The largest absolute Gasteiger partial charge is 0.469 e. The van der Waals surface area contributed by atoms with E-state index in [2.05, 4.69) is 0 Å². The predicted octanol–water partition coefficient (Wildman–Crippen LogP) is 1.45. The molecule has 9 heteroatoms. The number of thioether (sulfide) groups is 1. The van der Waals surface area contributed by atoms with E-state index in [0.29, 0.717) is 18.1 Å². The standard InChI is InChI=1S/C18H33NO7S/c1-6-9-19(4)10-7-15(21)26-16(22)12-25-14(20)8-11-27-13-18(2,3)17(23)24-5/h16,22H,6-13H2,1-5H3. The topological polar surface area (TPSA) is 102 Å². The Bertz CT molecular complexity index is 471. The molecule has 0 heterocycles. The fraction of sp³-hybridized carbons (Fsp3) is 0.833. The number of carbonyl (C=O) groups excluding carboxylic acids is 3. The number of ether oxygens (including phenoxy) is 3. The van der Waals surface area contributed by atoms with Crippen molar-refractivity contribution in [2.45, 2.75) is 46.3 Å². The molecule has 8 nitrogen and oxygen atoms in total. The lowest BCUT2D eigenvalue weighted by Gasteiger charge is -2.20. The van der Waals surface area contributed by atoms with Crippen LogP contribution >= 0.6 is 11.8 Å². The third-order valence-electron chi connectivity index (χ3n) is 3.61. The minimum Gasteiger partial charge on any atom is -0.469 e. The Morgan fingerprint density at radius 2 is 1.81 bits per heavy atom. The summed E-state index contributed by atoms with van der Waals surface area (Å²) in [5.41, 5.74) is -0.626. The molecule has 0 aliphatic heterocycles. The highest BCUT2D eigenvalue weighted by molar-refractivity contribution is 7.99. The number of hydrogen-bond donors (Lipinski definition) is 1. The molecule has 158 valence electrons. The Hall–Kier alpha value is -1.32. The van der Waals surface area contributed by atoms with Gasteiger partial charge in [0.1, 0.15) is 0 Å². The van der Waals surface area contributed by atoms with Gasteiger partial charge in [0.25, 0.3) is 0 Å². The summed E-state index contributed by atoms with van der Waals surface area (Å²) in [6, 6.07) is 0. The van der Waals surface area contributed by atoms with Gasteiger partial charge in [-0.1, -0.05) is 6.92 Å². The van der Waals surface area contributed by atoms with Gasteiger partial charge in [-0.2, -0.15) is 11.8 Å². The van der Waals surface area contributed by atoms with Gasteiger partial charge in [-0.05, 0) is 33.9 Å². The van der Waals surface area contributed by atoms with Crippen molar-refractivity contribution in [3.05, 3.63) is 0 Å². The van der Waals surface area contributed by atoms with Crippen LogP contribution in [0.5, 0.6) is 0 Å². The zero-order valence-electron chi connectivity index (χ0n) is 17.0. The Kier molecular flexibility index (Phi) is 13.1. The molecule has 0 aromatic heterocycles. The highest BCUT2D eigenvalue weighted by atomic mass is 32.2. The molecule has 0 aromatic rings. The molecule has 0 fully saturated rings. The normalized spacial score (nSPS) is 12.6. The molecule has 1 N–H and O–H groups in total. The first-order valence-electron chi connectivity index (χ1n) is 9.00. The highest BCUT2D eigenvalue weighted by Crippen LogP contribution is 2.23. The molecule has 0 saturated heterocycles. The molecule has 0 aromatic carbocycles. The SMILES string of the molecule is CCCN(C)CCC(=O)OC(O)COC(=O)CCSCC(C)(C)C(=O)OC. The lowest BCUT2D eigenvalue weighted by molar-refractivity contribution is -0.182. The average molecular weight is 408 g/mol. The summed E-state index contributed by atoms with van der Waals surface area (Å²) in [6.45, 7) is 6.61. The van der Waals surface area contributed by atoms with Crippen molar-refractivity contribution >= 4 is 29.7 Å². The summed E-state index contributed by atoms with van der Waals surface area (Å²) in [7, 11) is 3.24. The van der Waals surface area contributed by atoms with E-state index in [1.165, 1.54) is 18.9 Å². The van der Waals surface area contributed by atoms with Gasteiger partial charge in [0, 0.05) is 18.1 Å². The van der Waals surface area contributed by atoms with Crippen molar-refractivity contribution in [3.63, 3.8) is 0 Å². The number of rotatable bonds is 14. The zero-order chi connectivity index (χ0) is 20.9. The Labute approximate surface area is 165 Å². The highest BCUT2D eigenvalue weighted by Gasteiger charge is 2.28. The van der Waals surface area contributed by atoms with E-state index >= 15 is 0 Å². The van der Waals surface area contributed by atoms with Crippen LogP contribution in [0.25, 0.3) is 0 Å². The van der Waals surface area contributed by atoms with Crippen LogP contribution < -0.4 is 0 Å². The smallest absolute Gasteiger partial charge is 0.312 e. The molecule has 1 unspecified atom stereocenters. The van der Waals surface area contributed by atoms with Crippen molar-refractivity contribution in [3.8, 4) is 0 Å². The van der Waals surface area contributed by atoms with Gasteiger partial charge >= 0.3 is 17.9 Å². The maximum absolute atomic E-state index is 11.6. The second-order valence-electron chi connectivity index (χ2n) is 6.86. The Morgan fingerprint density at radius 1 is 1.15 bits per heavy atom. The van der Waals surface area contributed by atoms with E-state index in [-0.39, 0.29) is 18.8 Å². The number of esters is 3. The maximum Gasteiger partial charge on any atom is 0.312 e. The van der Waals surface area contributed by atoms with Crippen LogP contribution in [-0.2, 0) is 28.6 Å². The minimum absolute atomic E-state index is 0.129. The van der Waals surface area contributed by atoms with E-state index in [9.17, 15) is 19.5 Å². The van der Waals surface area contributed by atoms with Crippen LogP contribution in [-0.4, -0.2) is 79.6 Å². The molecule has 0 radical (unpaired) electrons. The molecule has 0 aliphatic rings. The third kappa shape index (κ3) is 12.6. The van der Waals surface area contributed by atoms with Crippen LogP contribution in [0, 0.1) is 5.41 Å². The number of aliphatic hydroxyl groups excluding tert-OH is 1. The van der Waals surface area contributed by atoms with Crippen LogP contribution in [0.3, 0.4) is 0 Å². The van der Waals surface area contributed by atoms with E-state index in [1.807, 2.05) is 18.9 Å². The Morgan fingerprint density at radius 3 is 2.41 bits per heavy atom. The summed E-state index contributed by atoms with van der Waals surface area (Å²) in [4.78, 5) is 36.8. The molecule has 27 heavy (non-hydrogen) atoms. The van der Waals surface area contributed by atoms with Gasteiger partial charge in [-0.25, -0.2) is 0 Å². The number of hydrogen-bond acceptors (Lipinski definition) is 9. The summed E-state index contributed by atoms with van der Waals surface area (Å²) in [5, 5.41) is 9.61. The van der Waals surface area contributed by atoms with Gasteiger partial charge in [0.15, 0.2) is 6.61 Å². The number of methoxy groups -OCH3 is 1. The van der Waals surface area contributed by atoms with E-state index in [0.717, 1.165) is 13.0 Å². The first-order valence-corrected chi connectivity index (χ1v) is 10.2. The van der Waals surface area contributed by atoms with Crippen molar-refractivity contribution in [2.24, 2.45) is 5.41 Å². The molecule has 0 bridgehead atoms. The van der Waals surface area contributed by atoms with Gasteiger partial charge < -0.3 is 24.2 Å². The fourth-order valence-corrected chi connectivity index (χ4v) is 3.16. The molecule has 0 aliphatic carbocycles. The predicted molar refractivity (Wildman–Crippen MR) is 103 cm³/mol. The average Bonchev–Trinajstić information content (AvgIpc) is 2.61. The zero-order valence-corrected chi connectivity index (χ0v) is 17.8. The molecule has 0 amide bonds. The van der Waals surface area contributed by atoms with Gasteiger partial charge in [0.05, 0.1) is 25.4 Å². The molecular weight excluding hydrogens is 374 g/mol. The summed E-state index contributed by atoms with van der Waals surface area (Å²) in [6.07, 6.45) is -0.190. The second-order valence-corrected chi connectivity index (χ2v) is 7.96. The number of aliphatic hydroxyl groups is 1. The van der Waals surface area contributed by atoms with Crippen LogP contribution in [0.1, 0.15) is 40.0 Å². The van der Waals surface area contributed by atoms with Crippen molar-refractivity contribution in [2.75, 3.05) is 45.4 Å². The van der Waals surface area contributed by atoms with Crippen molar-refractivity contribution in [1.29, 1.82) is 0 Å². The molecule has 0 rings (SSSR count). The first kappa shape index (κ1) is 25.7. The van der Waals surface area contributed by atoms with E-state index in [1.54, 1.807) is 13.8 Å². The molecule has 0 spiro atoms. The van der Waals surface area contributed by atoms with E-state index in [4.69, 9.17) is 14.2 Å². The van der Waals surface area contributed by atoms with Gasteiger partial charge in [-0.3, -0.25) is 14.4 Å². The summed E-state index contributed by atoms with van der Waals surface area (Å²) in [5.74, 6) is -0.361. The maximum atomic E-state index is 11.6. The minimum atomic E-state index is -1.47. The van der Waals surface area contributed by atoms with Crippen molar-refractivity contribution in [1.82, 2.24) is 4.90 Å². The van der Waals surface area contributed by atoms with Crippen LogP contribution in [0.15, 0.2) is 0 Å². The lowest BCUT2D eigenvalue weighted by Crippen LogP contribution is -2.28. The molecular formula is C18H33NO7S. The molecule has 1 atom stereocenters. The van der Waals surface area contributed by atoms with E-state index < -0.39 is 30.3 Å². The molecule has 0 saturated carbocycles. The first-order chi connectivity index (χ1) is 12.6. The second kappa shape index (κ2) is 13.8. The third-order valence-corrected chi connectivity index (χ3v) is 5.03. The summed E-state index contributed by atoms with van der Waals surface area (Å²) < 4.78 is 14.4. The van der Waals surface area contributed by atoms with Crippen molar-refractivity contribution < 1.29 is 33.7 Å². The summed E-state index contributed by atoms with van der Waals surface area (Å²) >= 11 is 1.44. The monoisotopic (exact) mass is 407 g/mol. The Balaban J connectivity index is 3.88. The lowest BCUT2D eigenvalue weighted by atomic mass is 9.97. The number of nitrogens with zero attached hydrogens (tertiary/aromatic N) is 1. The number of carbonyl (C=O) groups is 3. The fourth-order valence-electron chi connectivity index (χ4n) is 2.07. The van der Waals surface area contributed by atoms with Gasteiger partial charge in [-0.15, -0.1) is 0 Å². The van der Waals surface area contributed by atoms with Gasteiger partial charge in [0.2, 0.25) is 6.29 Å².